The molecule has 3 aromatic rings. The van der Waals surface area contributed by atoms with E-state index in [-0.39, 0.29) is 11.3 Å². The number of furan rings is 1. The van der Waals surface area contributed by atoms with Crippen molar-refractivity contribution in [1.82, 2.24) is 0 Å². The summed E-state index contributed by atoms with van der Waals surface area (Å²) in [6.45, 7) is 2.53. The zero-order valence-corrected chi connectivity index (χ0v) is 17.8. The van der Waals surface area contributed by atoms with Crippen LogP contribution in [0.15, 0.2) is 82.7 Å². The third kappa shape index (κ3) is 3.73. The monoisotopic (exact) mass is 433 g/mol. The number of carbonyl (C=O) groups excluding carboxylic acids is 2. The summed E-state index contributed by atoms with van der Waals surface area (Å²) >= 11 is 0. The fourth-order valence-corrected chi connectivity index (χ4v) is 3.77. The Morgan fingerprint density at radius 2 is 1.94 bits per heavy atom. The van der Waals surface area contributed by atoms with Crippen LogP contribution in [0.25, 0.3) is 0 Å². The van der Waals surface area contributed by atoms with Crippen LogP contribution in [-0.2, 0) is 4.79 Å². The number of hydrogen-bond acceptors (Lipinski definition) is 6. The Morgan fingerprint density at radius 3 is 2.66 bits per heavy atom. The molecule has 1 aliphatic heterocycles. The van der Waals surface area contributed by atoms with Crippen molar-refractivity contribution in [2.45, 2.75) is 19.4 Å². The molecule has 7 nitrogen and oxygen atoms in total. The second-order valence-corrected chi connectivity index (χ2v) is 7.23. The number of amides is 1. The summed E-state index contributed by atoms with van der Waals surface area (Å²) in [7, 11) is 1.51. The number of ketones is 1. The van der Waals surface area contributed by atoms with Gasteiger partial charge in [-0.15, -0.1) is 0 Å². The molecule has 0 aliphatic carbocycles. The Bertz CT molecular complexity index is 1160. The van der Waals surface area contributed by atoms with Gasteiger partial charge in [0.05, 0.1) is 31.6 Å². The fraction of sp³-hybridized carbons (Fsp3) is 0.200. The van der Waals surface area contributed by atoms with Crippen molar-refractivity contribution in [3.05, 3.63) is 89.6 Å². The van der Waals surface area contributed by atoms with Crippen molar-refractivity contribution >= 4 is 17.4 Å². The van der Waals surface area contributed by atoms with Crippen molar-refractivity contribution in [3.8, 4) is 11.5 Å². The van der Waals surface area contributed by atoms with Crippen molar-refractivity contribution in [2.75, 3.05) is 18.6 Å². The van der Waals surface area contributed by atoms with Gasteiger partial charge in [-0.25, -0.2) is 0 Å². The Balaban J connectivity index is 1.87. The minimum absolute atomic E-state index is 0.0288. The molecule has 0 spiro atoms. The zero-order valence-electron chi connectivity index (χ0n) is 17.8. The molecule has 1 aromatic heterocycles. The van der Waals surface area contributed by atoms with Gasteiger partial charge in [-0.3, -0.25) is 14.5 Å². The lowest BCUT2D eigenvalue weighted by atomic mass is 9.94. The molecule has 2 heterocycles. The van der Waals surface area contributed by atoms with Gasteiger partial charge in [-0.05, 0) is 36.8 Å². The summed E-state index contributed by atoms with van der Waals surface area (Å²) < 4.78 is 16.5. The minimum atomic E-state index is -0.919. The second-order valence-electron chi connectivity index (χ2n) is 7.23. The molecular weight excluding hydrogens is 410 g/mol. The molecule has 0 fully saturated rings. The van der Waals surface area contributed by atoms with E-state index in [9.17, 15) is 14.7 Å². The first kappa shape index (κ1) is 21.2. The number of methoxy groups -OCH3 is 1. The molecule has 32 heavy (non-hydrogen) atoms. The number of anilines is 1. The molecular formula is C25H23NO6. The van der Waals surface area contributed by atoms with Crippen LogP contribution in [0, 0.1) is 0 Å². The molecule has 1 N–H and O–H groups in total. The molecule has 1 unspecified atom stereocenters. The quantitative estimate of drug-likeness (QED) is 0.511. The highest BCUT2D eigenvalue weighted by atomic mass is 16.5. The van der Waals surface area contributed by atoms with Gasteiger partial charge in [-0.1, -0.05) is 31.2 Å². The Labute approximate surface area is 185 Å². The molecule has 1 atom stereocenters. The Kier molecular flexibility index (Phi) is 5.98. The minimum Gasteiger partial charge on any atom is -0.503 e. The van der Waals surface area contributed by atoms with E-state index in [1.165, 1.54) is 24.3 Å². The largest absolute Gasteiger partial charge is 0.503 e. The molecule has 0 radical (unpaired) electrons. The van der Waals surface area contributed by atoms with E-state index in [0.29, 0.717) is 29.4 Å². The van der Waals surface area contributed by atoms with E-state index >= 15 is 0 Å². The zero-order chi connectivity index (χ0) is 22.7. The van der Waals surface area contributed by atoms with E-state index < -0.39 is 23.5 Å². The summed E-state index contributed by atoms with van der Waals surface area (Å²) in [5.41, 5.74) is 0.963. The van der Waals surface area contributed by atoms with Crippen LogP contribution >= 0.6 is 0 Å². The molecule has 1 aliphatic rings. The number of benzene rings is 2. The van der Waals surface area contributed by atoms with Crippen LogP contribution < -0.4 is 14.4 Å². The van der Waals surface area contributed by atoms with Crippen molar-refractivity contribution in [3.63, 3.8) is 0 Å². The van der Waals surface area contributed by atoms with Crippen molar-refractivity contribution in [2.24, 2.45) is 0 Å². The standard InChI is InChI=1S/C25H23NO6/c1-3-13-31-17-9-6-8-16(15-17)26-22(18-10-4-5-11-19(18)30-2)21(24(28)25(26)29)23(27)20-12-7-14-32-20/h4-12,14-15,22,28H,3,13H2,1-2H3. The van der Waals surface area contributed by atoms with Crippen LogP contribution in [0.2, 0.25) is 0 Å². The maximum atomic E-state index is 13.3. The number of ether oxygens (including phenoxy) is 2. The topological polar surface area (TPSA) is 89.2 Å². The van der Waals surface area contributed by atoms with Gasteiger partial charge < -0.3 is 19.0 Å². The van der Waals surface area contributed by atoms with Crippen molar-refractivity contribution in [1.29, 1.82) is 0 Å². The second kappa shape index (κ2) is 9.01. The smallest absolute Gasteiger partial charge is 0.294 e. The molecule has 0 bridgehead atoms. The number of aliphatic hydroxyl groups excluding tert-OH is 1. The van der Waals surface area contributed by atoms with Crippen LogP contribution in [0.3, 0.4) is 0 Å². The number of para-hydroxylation sites is 1. The maximum Gasteiger partial charge on any atom is 0.294 e. The lowest BCUT2D eigenvalue weighted by Gasteiger charge is -2.28. The Hall–Kier alpha value is -4.00. The lowest BCUT2D eigenvalue weighted by Crippen LogP contribution is -2.31. The number of carbonyl (C=O) groups is 2. The van der Waals surface area contributed by atoms with Crippen molar-refractivity contribution < 1.29 is 28.6 Å². The van der Waals surface area contributed by atoms with E-state index in [1.807, 2.05) is 6.92 Å². The lowest BCUT2D eigenvalue weighted by molar-refractivity contribution is -0.117. The SMILES string of the molecule is CCCOc1cccc(N2C(=O)C(O)=C(C(=O)c3ccco3)C2c2ccccc2OC)c1. The molecule has 2 aromatic carbocycles. The number of nitrogens with zero attached hydrogens (tertiary/aromatic N) is 1. The molecule has 1 amide bonds. The highest BCUT2D eigenvalue weighted by Gasteiger charge is 2.46. The van der Waals surface area contributed by atoms with E-state index in [4.69, 9.17) is 13.9 Å². The third-order valence-electron chi connectivity index (χ3n) is 5.20. The first-order valence-electron chi connectivity index (χ1n) is 10.3. The van der Waals surface area contributed by atoms with Gasteiger partial charge in [-0.2, -0.15) is 0 Å². The van der Waals surface area contributed by atoms with Gasteiger partial charge in [0.15, 0.2) is 11.5 Å². The van der Waals surface area contributed by atoms with E-state index in [2.05, 4.69) is 0 Å². The maximum absolute atomic E-state index is 13.3. The summed E-state index contributed by atoms with van der Waals surface area (Å²) in [5, 5.41) is 10.8. The average Bonchev–Trinajstić information content (AvgIpc) is 3.45. The number of rotatable bonds is 8. The summed E-state index contributed by atoms with van der Waals surface area (Å²) in [4.78, 5) is 27.9. The van der Waals surface area contributed by atoms with Crippen LogP contribution in [0.4, 0.5) is 5.69 Å². The number of aliphatic hydroxyl groups is 1. The van der Waals surface area contributed by atoms with E-state index in [0.717, 1.165) is 6.42 Å². The van der Waals surface area contributed by atoms with Gasteiger partial charge in [0.1, 0.15) is 11.5 Å². The summed E-state index contributed by atoms with van der Waals surface area (Å²) in [6.07, 6.45) is 2.20. The number of Topliss-reactive ketones (excluding diaryl/α,β-unsaturated/α-hetero) is 1. The first-order valence-corrected chi connectivity index (χ1v) is 10.3. The van der Waals surface area contributed by atoms with E-state index in [1.54, 1.807) is 54.6 Å². The first-order chi connectivity index (χ1) is 15.6. The van der Waals surface area contributed by atoms with Crippen LogP contribution in [0.5, 0.6) is 11.5 Å². The summed E-state index contributed by atoms with van der Waals surface area (Å²) in [5.74, 6) is -0.793. The van der Waals surface area contributed by atoms with Gasteiger partial charge in [0.2, 0.25) is 5.78 Å². The fourth-order valence-electron chi connectivity index (χ4n) is 3.77. The predicted octanol–water partition coefficient (Wildman–Crippen LogP) is 4.86. The normalized spacial score (nSPS) is 15.9. The third-order valence-corrected chi connectivity index (χ3v) is 5.20. The van der Waals surface area contributed by atoms with Gasteiger partial charge in [0, 0.05) is 17.3 Å². The predicted molar refractivity (Wildman–Crippen MR) is 118 cm³/mol. The average molecular weight is 433 g/mol. The highest BCUT2D eigenvalue weighted by molar-refractivity contribution is 6.20. The number of hydrogen-bond donors (Lipinski definition) is 1. The van der Waals surface area contributed by atoms with Gasteiger partial charge >= 0.3 is 0 Å². The molecule has 4 rings (SSSR count). The molecule has 7 heteroatoms. The molecule has 0 saturated heterocycles. The van der Waals surface area contributed by atoms with Gasteiger partial charge in [0.25, 0.3) is 5.91 Å². The van der Waals surface area contributed by atoms with Crippen LogP contribution in [0.1, 0.15) is 35.5 Å². The molecule has 0 saturated carbocycles. The summed E-state index contributed by atoms with van der Waals surface area (Å²) in [6, 6.07) is 16.2. The Morgan fingerprint density at radius 1 is 1.12 bits per heavy atom. The molecule has 164 valence electrons. The highest BCUT2D eigenvalue weighted by Crippen LogP contribution is 2.45. The van der Waals surface area contributed by atoms with Crippen LogP contribution in [-0.4, -0.2) is 30.5 Å².